The van der Waals surface area contributed by atoms with Crippen LogP contribution in [-0.2, 0) is 11.3 Å². The van der Waals surface area contributed by atoms with Gasteiger partial charge in [-0.1, -0.05) is 17.7 Å². The Kier molecular flexibility index (Phi) is 5.48. The molecule has 0 spiro atoms. The Bertz CT molecular complexity index is 634. The van der Waals surface area contributed by atoms with Crippen molar-refractivity contribution in [2.45, 2.75) is 38.3 Å². The van der Waals surface area contributed by atoms with Gasteiger partial charge < -0.3 is 4.90 Å². The van der Waals surface area contributed by atoms with Crippen LogP contribution in [0.25, 0.3) is 0 Å². The standard InChI is InChI=1S/C20H27ClFN3O/c21-18-2-1-3-19(22)17(18)13-23-8-10-24(11-9-23)20(26)14-25(16-6-7-16)12-15-4-5-15/h1-3,15-16H,4-14H2. The maximum Gasteiger partial charge on any atom is 0.236 e. The molecule has 3 aliphatic rings. The second-order valence-electron chi connectivity index (χ2n) is 7.96. The molecule has 2 aliphatic carbocycles. The van der Waals surface area contributed by atoms with Crippen LogP contribution in [0, 0.1) is 11.7 Å². The number of piperazine rings is 1. The van der Waals surface area contributed by atoms with E-state index in [1.165, 1.54) is 31.7 Å². The fourth-order valence-corrected chi connectivity index (χ4v) is 3.97. The van der Waals surface area contributed by atoms with Crippen molar-refractivity contribution in [3.63, 3.8) is 0 Å². The Morgan fingerprint density at radius 1 is 1.15 bits per heavy atom. The third-order valence-corrected chi connectivity index (χ3v) is 6.11. The van der Waals surface area contributed by atoms with E-state index in [9.17, 15) is 9.18 Å². The Morgan fingerprint density at radius 3 is 2.50 bits per heavy atom. The van der Waals surface area contributed by atoms with Gasteiger partial charge in [0.15, 0.2) is 0 Å². The van der Waals surface area contributed by atoms with Crippen LogP contribution in [0.15, 0.2) is 18.2 Å². The lowest BCUT2D eigenvalue weighted by atomic mass is 10.2. The Hall–Kier alpha value is -1.17. The predicted molar refractivity (Wildman–Crippen MR) is 101 cm³/mol. The number of benzene rings is 1. The van der Waals surface area contributed by atoms with Crippen molar-refractivity contribution < 1.29 is 9.18 Å². The highest BCUT2D eigenvalue weighted by Gasteiger charge is 2.35. The molecule has 1 aromatic rings. The highest BCUT2D eigenvalue weighted by Crippen LogP contribution is 2.34. The number of halogens is 2. The molecule has 4 rings (SSSR count). The molecule has 3 fully saturated rings. The fraction of sp³-hybridized carbons (Fsp3) is 0.650. The molecule has 0 radical (unpaired) electrons. The first-order chi connectivity index (χ1) is 12.6. The fourth-order valence-electron chi connectivity index (χ4n) is 3.75. The quantitative estimate of drug-likeness (QED) is 0.728. The molecule has 0 aromatic heterocycles. The summed E-state index contributed by atoms with van der Waals surface area (Å²) < 4.78 is 14.0. The van der Waals surface area contributed by atoms with Crippen molar-refractivity contribution in [1.82, 2.24) is 14.7 Å². The van der Waals surface area contributed by atoms with Crippen molar-refractivity contribution in [1.29, 1.82) is 0 Å². The average Bonchev–Trinajstić information content (AvgIpc) is 3.52. The van der Waals surface area contributed by atoms with Crippen LogP contribution in [0.5, 0.6) is 0 Å². The topological polar surface area (TPSA) is 26.8 Å². The molecular weight excluding hydrogens is 353 g/mol. The lowest BCUT2D eigenvalue weighted by Crippen LogP contribution is -2.51. The summed E-state index contributed by atoms with van der Waals surface area (Å²) in [7, 11) is 0. The highest BCUT2D eigenvalue weighted by molar-refractivity contribution is 6.31. The van der Waals surface area contributed by atoms with Crippen molar-refractivity contribution in [3.05, 3.63) is 34.6 Å². The van der Waals surface area contributed by atoms with Crippen molar-refractivity contribution in [2.24, 2.45) is 5.92 Å². The van der Waals surface area contributed by atoms with Gasteiger partial charge in [0.2, 0.25) is 5.91 Å². The molecule has 4 nitrogen and oxygen atoms in total. The van der Waals surface area contributed by atoms with Gasteiger partial charge in [-0.3, -0.25) is 14.6 Å². The highest BCUT2D eigenvalue weighted by atomic mass is 35.5. The van der Waals surface area contributed by atoms with Crippen molar-refractivity contribution >= 4 is 17.5 Å². The second kappa shape index (κ2) is 7.83. The smallest absolute Gasteiger partial charge is 0.236 e. The first kappa shape index (κ1) is 18.2. The predicted octanol–water partition coefficient (Wildman–Crippen LogP) is 3.00. The summed E-state index contributed by atoms with van der Waals surface area (Å²) in [6.07, 6.45) is 5.15. The van der Waals surface area contributed by atoms with Gasteiger partial charge >= 0.3 is 0 Å². The number of hydrogen-bond donors (Lipinski definition) is 0. The Morgan fingerprint density at radius 2 is 1.88 bits per heavy atom. The number of hydrogen-bond acceptors (Lipinski definition) is 3. The molecule has 0 unspecified atom stereocenters. The van der Waals surface area contributed by atoms with Crippen LogP contribution >= 0.6 is 11.6 Å². The van der Waals surface area contributed by atoms with Gasteiger partial charge in [0.25, 0.3) is 0 Å². The first-order valence-corrected chi connectivity index (χ1v) is 10.1. The third-order valence-electron chi connectivity index (χ3n) is 5.76. The molecule has 1 amide bonds. The van der Waals surface area contributed by atoms with Gasteiger partial charge in [-0.25, -0.2) is 4.39 Å². The maximum absolute atomic E-state index is 14.0. The Labute approximate surface area is 159 Å². The molecule has 1 saturated heterocycles. The van der Waals surface area contributed by atoms with E-state index in [1.54, 1.807) is 12.1 Å². The van der Waals surface area contributed by atoms with Crippen LogP contribution in [0.1, 0.15) is 31.2 Å². The molecule has 1 aliphatic heterocycles. The summed E-state index contributed by atoms with van der Waals surface area (Å²) >= 11 is 6.13. The minimum atomic E-state index is -0.254. The van der Waals surface area contributed by atoms with E-state index in [1.807, 2.05) is 4.90 Å². The Balaban J connectivity index is 1.26. The zero-order valence-electron chi connectivity index (χ0n) is 15.2. The third kappa shape index (κ3) is 4.56. The molecular formula is C20H27ClFN3O. The minimum Gasteiger partial charge on any atom is -0.339 e. The summed E-state index contributed by atoms with van der Waals surface area (Å²) in [5.74, 6) is 0.822. The van der Waals surface area contributed by atoms with E-state index in [2.05, 4.69) is 9.80 Å². The normalized spacial score (nSPS) is 21.4. The van der Waals surface area contributed by atoms with E-state index in [4.69, 9.17) is 11.6 Å². The van der Waals surface area contributed by atoms with Gasteiger partial charge in [0.1, 0.15) is 5.82 Å². The molecule has 6 heteroatoms. The van der Waals surface area contributed by atoms with Crippen LogP contribution in [-0.4, -0.2) is 65.9 Å². The van der Waals surface area contributed by atoms with Gasteiger partial charge in [0, 0.05) is 55.9 Å². The number of carbonyl (C=O) groups excluding carboxylic acids is 1. The molecule has 142 valence electrons. The van der Waals surface area contributed by atoms with Gasteiger partial charge in [-0.2, -0.15) is 0 Å². The van der Waals surface area contributed by atoms with Crippen LogP contribution in [0.4, 0.5) is 4.39 Å². The van der Waals surface area contributed by atoms with Gasteiger partial charge in [0.05, 0.1) is 6.54 Å². The number of nitrogens with zero attached hydrogens (tertiary/aromatic N) is 3. The van der Waals surface area contributed by atoms with E-state index < -0.39 is 0 Å². The summed E-state index contributed by atoms with van der Waals surface area (Å²) in [6.45, 7) is 5.14. The van der Waals surface area contributed by atoms with Crippen LogP contribution in [0.3, 0.4) is 0 Å². The summed E-state index contributed by atoms with van der Waals surface area (Å²) in [4.78, 5) is 19.3. The van der Waals surface area contributed by atoms with E-state index >= 15 is 0 Å². The lowest BCUT2D eigenvalue weighted by molar-refractivity contribution is -0.134. The number of carbonyl (C=O) groups is 1. The monoisotopic (exact) mass is 379 g/mol. The molecule has 0 atom stereocenters. The van der Waals surface area contributed by atoms with E-state index in [0.29, 0.717) is 42.8 Å². The number of amides is 1. The lowest BCUT2D eigenvalue weighted by Gasteiger charge is -2.36. The molecule has 2 saturated carbocycles. The molecule has 1 aromatic carbocycles. The zero-order chi connectivity index (χ0) is 18.1. The van der Waals surface area contributed by atoms with Gasteiger partial charge in [-0.15, -0.1) is 0 Å². The molecule has 1 heterocycles. The van der Waals surface area contributed by atoms with E-state index in [-0.39, 0.29) is 11.7 Å². The second-order valence-corrected chi connectivity index (χ2v) is 8.37. The summed E-state index contributed by atoms with van der Waals surface area (Å²) in [6, 6.07) is 5.45. The van der Waals surface area contributed by atoms with E-state index in [0.717, 1.165) is 25.6 Å². The zero-order valence-corrected chi connectivity index (χ0v) is 15.9. The molecule has 26 heavy (non-hydrogen) atoms. The average molecular weight is 380 g/mol. The SMILES string of the molecule is O=C(CN(CC1CC1)C1CC1)N1CCN(Cc2c(F)cccc2Cl)CC1. The largest absolute Gasteiger partial charge is 0.339 e. The summed E-state index contributed by atoms with van der Waals surface area (Å²) in [5, 5.41) is 0.476. The van der Waals surface area contributed by atoms with Crippen molar-refractivity contribution in [2.75, 3.05) is 39.3 Å². The van der Waals surface area contributed by atoms with Crippen LogP contribution < -0.4 is 0 Å². The summed E-state index contributed by atoms with van der Waals surface area (Å²) in [5.41, 5.74) is 0.554. The number of rotatable bonds is 7. The van der Waals surface area contributed by atoms with Crippen molar-refractivity contribution in [3.8, 4) is 0 Å². The maximum atomic E-state index is 14.0. The molecule has 0 N–H and O–H groups in total. The van der Waals surface area contributed by atoms with Crippen LogP contribution in [0.2, 0.25) is 5.02 Å². The first-order valence-electron chi connectivity index (χ1n) is 9.77. The minimum absolute atomic E-state index is 0.251. The van der Waals surface area contributed by atoms with Gasteiger partial charge in [-0.05, 0) is 43.7 Å². The molecule has 0 bridgehead atoms.